The topological polar surface area (TPSA) is 67.2 Å². The third-order valence-electron chi connectivity index (χ3n) is 1.74. The van der Waals surface area contributed by atoms with E-state index in [1.165, 1.54) is 6.20 Å². The number of aliphatic hydroxyl groups excluding tert-OH is 1. The minimum atomic E-state index is -0.392. The van der Waals surface area contributed by atoms with E-state index in [0.29, 0.717) is 5.69 Å². The Morgan fingerprint density at radius 1 is 1.67 bits per heavy atom. The summed E-state index contributed by atoms with van der Waals surface area (Å²) in [6.07, 6.45) is 1.49. The normalized spacial score (nSPS) is 10.7. The molecule has 0 atom stereocenters. The fraction of sp³-hybridized carbons (Fsp3) is 0.556. The number of aliphatic hydroxyl groups is 1. The number of hydrogen-bond donors (Lipinski definition) is 2. The molecule has 1 rings (SSSR count). The van der Waals surface area contributed by atoms with Crippen LogP contribution in [0.2, 0.25) is 5.02 Å². The van der Waals surface area contributed by atoms with Gasteiger partial charge in [-0.1, -0.05) is 11.6 Å². The highest BCUT2D eigenvalue weighted by Crippen LogP contribution is 2.15. The number of halogens is 1. The smallest absolute Gasteiger partial charge is 0.287 e. The molecule has 0 fully saturated rings. The highest BCUT2D eigenvalue weighted by molar-refractivity contribution is 6.32. The highest BCUT2D eigenvalue weighted by atomic mass is 35.5. The fourth-order valence-electron chi connectivity index (χ4n) is 1.13. The number of anilines is 1. The Bertz CT molecular complexity index is 389. The lowest BCUT2D eigenvalue weighted by Crippen LogP contribution is -2.26. The second-order valence-corrected chi connectivity index (χ2v) is 3.80. The van der Waals surface area contributed by atoms with Gasteiger partial charge in [-0.25, -0.2) is 4.68 Å². The van der Waals surface area contributed by atoms with Crippen LogP contribution in [0.5, 0.6) is 0 Å². The van der Waals surface area contributed by atoms with Crippen molar-refractivity contribution in [2.75, 3.05) is 11.9 Å². The van der Waals surface area contributed by atoms with Crippen LogP contribution in [0, 0.1) is 0 Å². The molecule has 0 spiro atoms. The van der Waals surface area contributed by atoms with E-state index in [1.54, 1.807) is 0 Å². The van der Waals surface area contributed by atoms with Crippen molar-refractivity contribution in [3.63, 3.8) is 0 Å². The summed E-state index contributed by atoms with van der Waals surface area (Å²) in [6, 6.07) is 0.178. The van der Waals surface area contributed by atoms with Crippen LogP contribution in [0.3, 0.4) is 0 Å². The van der Waals surface area contributed by atoms with E-state index >= 15 is 0 Å². The summed E-state index contributed by atoms with van der Waals surface area (Å²) >= 11 is 5.86. The molecule has 5 nitrogen and oxygen atoms in total. The SMILES string of the molecule is CC(C)Nc1cnn(CCO)c(=O)c1Cl. The summed E-state index contributed by atoms with van der Waals surface area (Å²) in [6.45, 7) is 3.89. The van der Waals surface area contributed by atoms with Gasteiger partial charge in [-0.05, 0) is 13.8 Å². The number of nitrogens with one attached hydrogen (secondary N) is 1. The van der Waals surface area contributed by atoms with Gasteiger partial charge in [-0.3, -0.25) is 4.79 Å². The lowest BCUT2D eigenvalue weighted by molar-refractivity contribution is 0.266. The Hall–Kier alpha value is -1.07. The van der Waals surface area contributed by atoms with Gasteiger partial charge in [-0.15, -0.1) is 0 Å². The number of rotatable bonds is 4. The Morgan fingerprint density at radius 3 is 2.87 bits per heavy atom. The van der Waals surface area contributed by atoms with Crippen LogP contribution in [0.15, 0.2) is 11.0 Å². The van der Waals surface area contributed by atoms with Gasteiger partial charge in [0, 0.05) is 6.04 Å². The van der Waals surface area contributed by atoms with Crippen molar-refractivity contribution in [1.82, 2.24) is 9.78 Å². The van der Waals surface area contributed by atoms with E-state index in [0.717, 1.165) is 4.68 Å². The van der Waals surface area contributed by atoms with Gasteiger partial charge in [0.25, 0.3) is 5.56 Å². The number of hydrogen-bond acceptors (Lipinski definition) is 4. The van der Waals surface area contributed by atoms with Crippen LogP contribution in [0.25, 0.3) is 0 Å². The molecule has 0 radical (unpaired) electrons. The van der Waals surface area contributed by atoms with Crippen LogP contribution in [-0.2, 0) is 6.54 Å². The van der Waals surface area contributed by atoms with Gasteiger partial charge < -0.3 is 10.4 Å². The molecule has 0 saturated heterocycles. The molecular weight excluding hydrogens is 218 g/mol. The van der Waals surface area contributed by atoms with Crippen LogP contribution in [0.1, 0.15) is 13.8 Å². The standard InChI is InChI=1S/C9H14ClN3O2/c1-6(2)12-7-5-11-13(3-4-14)9(15)8(7)10/h5-6,12,14H,3-4H2,1-2H3. The van der Waals surface area contributed by atoms with Gasteiger partial charge in [0.1, 0.15) is 5.02 Å². The van der Waals surface area contributed by atoms with Crippen molar-refractivity contribution in [3.05, 3.63) is 21.6 Å². The molecule has 0 aliphatic heterocycles. The molecule has 0 aliphatic rings. The van der Waals surface area contributed by atoms with Crippen LogP contribution in [-0.4, -0.2) is 27.5 Å². The quantitative estimate of drug-likeness (QED) is 0.801. The van der Waals surface area contributed by atoms with Crippen molar-refractivity contribution in [1.29, 1.82) is 0 Å². The van der Waals surface area contributed by atoms with Crippen LogP contribution < -0.4 is 10.9 Å². The molecule has 0 aliphatic carbocycles. The number of aromatic nitrogens is 2. The first-order chi connectivity index (χ1) is 7.06. The third kappa shape index (κ3) is 2.94. The minimum absolute atomic E-state index is 0.104. The monoisotopic (exact) mass is 231 g/mol. The Kier molecular flexibility index (Phi) is 4.11. The lowest BCUT2D eigenvalue weighted by atomic mass is 10.3. The van der Waals surface area contributed by atoms with Crippen LogP contribution >= 0.6 is 11.6 Å². The van der Waals surface area contributed by atoms with Crippen molar-refractivity contribution >= 4 is 17.3 Å². The van der Waals surface area contributed by atoms with E-state index in [1.807, 2.05) is 13.8 Å². The molecule has 15 heavy (non-hydrogen) atoms. The molecule has 84 valence electrons. The Labute approximate surface area is 92.7 Å². The molecule has 0 aromatic carbocycles. The maximum atomic E-state index is 11.6. The van der Waals surface area contributed by atoms with E-state index in [9.17, 15) is 4.79 Å². The first-order valence-electron chi connectivity index (χ1n) is 4.69. The summed E-state index contributed by atoms with van der Waals surface area (Å²) in [5.74, 6) is 0. The summed E-state index contributed by atoms with van der Waals surface area (Å²) in [4.78, 5) is 11.6. The first kappa shape index (κ1) is 12.0. The maximum Gasteiger partial charge on any atom is 0.287 e. The largest absolute Gasteiger partial charge is 0.394 e. The second kappa shape index (κ2) is 5.14. The summed E-state index contributed by atoms with van der Waals surface area (Å²) in [7, 11) is 0. The highest BCUT2D eigenvalue weighted by Gasteiger charge is 2.09. The zero-order valence-electron chi connectivity index (χ0n) is 8.70. The molecule has 0 bridgehead atoms. The van der Waals surface area contributed by atoms with Gasteiger partial charge >= 0.3 is 0 Å². The molecule has 0 saturated carbocycles. The zero-order valence-corrected chi connectivity index (χ0v) is 9.45. The average Bonchev–Trinajstić information content (AvgIpc) is 2.17. The first-order valence-corrected chi connectivity index (χ1v) is 5.07. The Balaban J connectivity index is 3.04. The predicted octanol–water partition coefficient (Wildman–Crippen LogP) is 0.709. The van der Waals surface area contributed by atoms with Gasteiger partial charge in [0.15, 0.2) is 0 Å². The Morgan fingerprint density at radius 2 is 2.33 bits per heavy atom. The van der Waals surface area contributed by atoms with E-state index in [4.69, 9.17) is 16.7 Å². The summed E-state index contributed by atoms with van der Waals surface area (Å²) < 4.78 is 1.13. The predicted molar refractivity (Wildman–Crippen MR) is 59.4 cm³/mol. The van der Waals surface area contributed by atoms with Gasteiger partial charge in [-0.2, -0.15) is 5.10 Å². The molecule has 1 aromatic heterocycles. The van der Waals surface area contributed by atoms with Gasteiger partial charge in [0.05, 0.1) is 25.0 Å². The molecule has 0 amide bonds. The molecule has 0 unspecified atom stereocenters. The van der Waals surface area contributed by atoms with Crippen LogP contribution in [0.4, 0.5) is 5.69 Å². The van der Waals surface area contributed by atoms with E-state index < -0.39 is 5.56 Å². The number of nitrogens with zero attached hydrogens (tertiary/aromatic N) is 2. The minimum Gasteiger partial charge on any atom is -0.394 e. The zero-order chi connectivity index (χ0) is 11.4. The maximum absolute atomic E-state index is 11.6. The van der Waals surface area contributed by atoms with E-state index in [-0.39, 0.29) is 24.2 Å². The third-order valence-corrected chi connectivity index (χ3v) is 2.11. The summed E-state index contributed by atoms with van der Waals surface area (Å²) in [5.41, 5.74) is 0.127. The summed E-state index contributed by atoms with van der Waals surface area (Å²) in [5, 5.41) is 15.7. The van der Waals surface area contributed by atoms with E-state index in [2.05, 4.69) is 10.4 Å². The van der Waals surface area contributed by atoms with Gasteiger partial charge in [0.2, 0.25) is 0 Å². The molecule has 6 heteroatoms. The van der Waals surface area contributed by atoms with Crippen molar-refractivity contribution in [3.8, 4) is 0 Å². The molecule has 1 heterocycles. The molecular formula is C9H14ClN3O2. The van der Waals surface area contributed by atoms with Crippen molar-refractivity contribution in [2.24, 2.45) is 0 Å². The molecule has 2 N–H and O–H groups in total. The lowest BCUT2D eigenvalue weighted by Gasteiger charge is -2.11. The molecule has 1 aromatic rings. The van der Waals surface area contributed by atoms with Crippen molar-refractivity contribution in [2.45, 2.75) is 26.4 Å². The fourth-order valence-corrected chi connectivity index (χ4v) is 1.33. The average molecular weight is 232 g/mol. The second-order valence-electron chi connectivity index (χ2n) is 3.42. The van der Waals surface area contributed by atoms with Crippen molar-refractivity contribution < 1.29 is 5.11 Å².